The molecule has 0 spiro atoms. The third-order valence-corrected chi connectivity index (χ3v) is 5.94. The monoisotopic (exact) mass is 448 g/mol. The van der Waals surface area contributed by atoms with Crippen LogP contribution in [0, 0.1) is 0 Å². The number of nitrogens with one attached hydrogen (secondary N) is 1. The summed E-state index contributed by atoms with van der Waals surface area (Å²) in [5.41, 5.74) is 1.47. The molecule has 2 amide bonds. The number of alkyl carbamates (subject to hydrolysis) is 1. The number of methoxy groups -OCH3 is 1. The fourth-order valence-corrected chi connectivity index (χ4v) is 4.11. The average Bonchev–Trinajstić information content (AvgIpc) is 3.62. The van der Waals surface area contributed by atoms with Crippen molar-refractivity contribution >= 4 is 12.0 Å². The Kier molecular flexibility index (Phi) is 8.67. The first kappa shape index (κ1) is 24.2. The Balaban J connectivity index is 1.73. The first-order chi connectivity index (χ1) is 15.4. The first-order valence-corrected chi connectivity index (χ1v) is 11.7. The number of rotatable bonds is 10. The van der Waals surface area contributed by atoms with E-state index in [0.29, 0.717) is 31.9 Å². The Morgan fingerprint density at radius 3 is 2.75 bits per heavy atom. The number of hydrogen-bond acceptors (Lipinski definition) is 7. The molecule has 2 heterocycles. The van der Waals surface area contributed by atoms with Gasteiger partial charge in [-0.2, -0.15) is 0 Å². The largest absolute Gasteiger partial charge is 0.477 e. The fourth-order valence-electron chi connectivity index (χ4n) is 4.11. The van der Waals surface area contributed by atoms with Crippen LogP contribution < -0.4 is 10.1 Å². The molecule has 2 aliphatic rings. The van der Waals surface area contributed by atoms with Crippen LogP contribution in [0.15, 0.2) is 6.20 Å². The molecular weight excluding hydrogens is 412 g/mol. The number of amides is 2. The van der Waals surface area contributed by atoms with Gasteiger partial charge in [0.15, 0.2) is 0 Å². The standard InChI is InChI=1S/C23H36N4O5/c1-5-31-21-18(9-7-13-24-23(29)30-4)26-19(14-25-21)16(3)27(17-11-12-17)22(28)20-10-6-8-15(2)32-20/h14-17,20H,5-13H2,1-4H3,(H,24,29)/t15-,16?,20-/m1/s1. The van der Waals surface area contributed by atoms with E-state index in [1.165, 1.54) is 7.11 Å². The third-order valence-electron chi connectivity index (χ3n) is 5.94. The molecule has 0 aromatic carbocycles. The molecule has 3 atom stereocenters. The number of ether oxygens (including phenoxy) is 3. The molecule has 178 valence electrons. The van der Waals surface area contributed by atoms with Crippen LogP contribution in [0.25, 0.3) is 0 Å². The van der Waals surface area contributed by atoms with E-state index < -0.39 is 6.09 Å². The van der Waals surface area contributed by atoms with Crippen molar-refractivity contribution in [3.05, 3.63) is 17.6 Å². The predicted molar refractivity (Wildman–Crippen MR) is 118 cm³/mol. The van der Waals surface area contributed by atoms with E-state index in [1.54, 1.807) is 6.20 Å². The molecule has 2 fully saturated rings. The number of nitrogens with zero attached hydrogens (tertiary/aromatic N) is 3. The maximum absolute atomic E-state index is 13.4. The van der Waals surface area contributed by atoms with Gasteiger partial charge >= 0.3 is 6.09 Å². The van der Waals surface area contributed by atoms with Gasteiger partial charge in [-0.3, -0.25) is 4.79 Å². The molecule has 1 aliphatic carbocycles. The summed E-state index contributed by atoms with van der Waals surface area (Å²) in [6.45, 7) is 6.89. The zero-order valence-electron chi connectivity index (χ0n) is 19.6. The molecule has 1 aliphatic heterocycles. The van der Waals surface area contributed by atoms with Crippen LogP contribution in [-0.4, -0.2) is 65.4 Å². The molecule has 1 N–H and O–H groups in total. The number of aryl methyl sites for hydroxylation is 1. The molecule has 1 saturated carbocycles. The summed E-state index contributed by atoms with van der Waals surface area (Å²) in [4.78, 5) is 35.9. The highest BCUT2D eigenvalue weighted by Gasteiger charge is 2.41. The Labute approximate surface area is 190 Å². The molecular formula is C23H36N4O5. The lowest BCUT2D eigenvalue weighted by atomic mass is 10.0. The highest BCUT2D eigenvalue weighted by molar-refractivity contribution is 5.82. The second kappa shape index (κ2) is 11.4. The van der Waals surface area contributed by atoms with Crippen molar-refractivity contribution in [3.8, 4) is 5.88 Å². The number of hydrogen-bond donors (Lipinski definition) is 1. The van der Waals surface area contributed by atoms with Gasteiger partial charge in [0.25, 0.3) is 5.91 Å². The fraction of sp³-hybridized carbons (Fsp3) is 0.739. The van der Waals surface area contributed by atoms with E-state index in [2.05, 4.69) is 15.0 Å². The molecule has 32 heavy (non-hydrogen) atoms. The highest BCUT2D eigenvalue weighted by atomic mass is 16.5. The minimum absolute atomic E-state index is 0.0612. The van der Waals surface area contributed by atoms with Gasteiger partial charge in [-0.25, -0.2) is 14.8 Å². The summed E-state index contributed by atoms with van der Waals surface area (Å²) in [5.74, 6) is 0.557. The zero-order valence-corrected chi connectivity index (χ0v) is 19.6. The van der Waals surface area contributed by atoms with E-state index in [4.69, 9.17) is 14.5 Å². The Morgan fingerprint density at radius 2 is 2.09 bits per heavy atom. The van der Waals surface area contributed by atoms with E-state index in [1.807, 2.05) is 25.7 Å². The summed E-state index contributed by atoms with van der Waals surface area (Å²) in [7, 11) is 1.34. The number of carbonyl (C=O) groups excluding carboxylic acids is 2. The molecule has 1 aromatic rings. The summed E-state index contributed by atoms with van der Waals surface area (Å²) < 4.78 is 16.2. The Bertz CT molecular complexity index is 786. The maximum atomic E-state index is 13.4. The minimum Gasteiger partial charge on any atom is -0.477 e. The summed E-state index contributed by atoms with van der Waals surface area (Å²) in [6.07, 6.45) is 7.05. The van der Waals surface area contributed by atoms with Gasteiger partial charge in [0, 0.05) is 12.6 Å². The van der Waals surface area contributed by atoms with E-state index in [9.17, 15) is 9.59 Å². The molecule has 3 rings (SSSR count). The van der Waals surface area contributed by atoms with Gasteiger partial charge in [-0.15, -0.1) is 0 Å². The molecule has 0 radical (unpaired) electrons. The molecule has 0 bridgehead atoms. The van der Waals surface area contributed by atoms with Gasteiger partial charge in [0.05, 0.1) is 37.8 Å². The molecule has 9 nitrogen and oxygen atoms in total. The van der Waals surface area contributed by atoms with Gasteiger partial charge in [0.1, 0.15) is 11.8 Å². The van der Waals surface area contributed by atoms with Crippen molar-refractivity contribution in [3.63, 3.8) is 0 Å². The SMILES string of the molecule is CCOc1ncc(C(C)N(C(=O)[C@H]2CCC[C@@H](C)O2)C2CC2)nc1CCCNC(=O)OC. The number of aromatic nitrogens is 2. The van der Waals surface area contributed by atoms with Gasteiger partial charge in [-0.1, -0.05) is 0 Å². The first-order valence-electron chi connectivity index (χ1n) is 11.7. The van der Waals surface area contributed by atoms with Crippen molar-refractivity contribution in [2.45, 2.75) is 90.0 Å². The smallest absolute Gasteiger partial charge is 0.406 e. The van der Waals surface area contributed by atoms with Crippen LogP contribution in [0.5, 0.6) is 5.88 Å². The van der Waals surface area contributed by atoms with Gasteiger partial charge in [0.2, 0.25) is 5.88 Å². The lowest BCUT2D eigenvalue weighted by molar-refractivity contribution is -0.154. The van der Waals surface area contributed by atoms with Gasteiger partial charge in [-0.05, 0) is 65.7 Å². The second-order valence-corrected chi connectivity index (χ2v) is 8.52. The Morgan fingerprint density at radius 1 is 1.31 bits per heavy atom. The average molecular weight is 449 g/mol. The van der Waals surface area contributed by atoms with Gasteiger partial charge < -0.3 is 24.4 Å². The van der Waals surface area contributed by atoms with E-state index in [0.717, 1.165) is 43.5 Å². The van der Waals surface area contributed by atoms with Crippen LogP contribution in [0.3, 0.4) is 0 Å². The predicted octanol–water partition coefficient (Wildman–Crippen LogP) is 3.17. The van der Waals surface area contributed by atoms with Crippen LogP contribution in [0.2, 0.25) is 0 Å². The van der Waals surface area contributed by atoms with Crippen LogP contribution in [0.4, 0.5) is 4.79 Å². The van der Waals surface area contributed by atoms with Crippen molar-refractivity contribution < 1.29 is 23.8 Å². The summed E-state index contributed by atoms with van der Waals surface area (Å²) >= 11 is 0. The molecule has 1 aromatic heterocycles. The van der Waals surface area contributed by atoms with Crippen molar-refractivity contribution in [1.29, 1.82) is 0 Å². The highest BCUT2D eigenvalue weighted by Crippen LogP contribution is 2.36. The van der Waals surface area contributed by atoms with E-state index >= 15 is 0 Å². The topological polar surface area (TPSA) is 103 Å². The lowest BCUT2D eigenvalue weighted by Gasteiger charge is -2.35. The zero-order chi connectivity index (χ0) is 23.1. The third kappa shape index (κ3) is 6.31. The molecule has 9 heteroatoms. The normalized spacial score (nSPS) is 21.5. The quantitative estimate of drug-likeness (QED) is 0.548. The molecule has 1 unspecified atom stereocenters. The lowest BCUT2D eigenvalue weighted by Crippen LogP contribution is -2.45. The Hall–Kier alpha value is -2.42. The number of carbonyl (C=O) groups is 2. The molecule has 1 saturated heterocycles. The summed E-state index contributed by atoms with van der Waals surface area (Å²) in [5, 5.41) is 2.67. The minimum atomic E-state index is -0.457. The maximum Gasteiger partial charge on any atom is 0.406 e. The summed E-state index contributed by atoms with van der Waals surface area (Å²) in [6, 6.07) is 0.0327. The second-order valence-electron chi connectivity index (χ2n) is 8.52. The van der Waals surface area contributed by atoms with Crippen molar-refractivity contribution in [2.75, 3.05) is 20.3 Å². The van der Waals surface area contributed by atoms with Crippen molar-refractivity contribution in [1.82, 2.24) is 20.2 Å². The van der Waals surface area contributed by atoms with Crippen LogP contribution in [0.1, 0.15) is 76.7 Å². The van der Waals surface area contributed by atoms with Crippen LogP contribution in [-0.2, 0) is 20.7 Å². The van der Waals surface area contributed by atoms with Crippen LogP contribution >= 0.6 is 0 Å². The van der Waals surface area contributed by atoms with Crippen molar-refractivity contribution in [2.24, 2.45) is 0 Å². The van der Waals surface area contributed by atoms with E-state index in [-0.39, 0.29) is 30.2 Å².